The van der Waals surface area contributed by atoms with Gasteiger partial charge in [-0.05, 0) is 37.6 Å². The SMILES string of the molecule is Cc1ccc(Cn2c(=O)c3ccccc3n(Cc3nc(-c4cccc(C)c4)no3)c2=O)cc1. The molecule has 0 aliphatic carbocycles. The van der Waals surface area contributed by atoms with Crippen LogP contribution in [0.5, 0.6) is 0 Å². The Morgan fingerprint density at radius 1 is 0.818 bits per heavy atom. The molecule has 0 saturated carbocycles. The topological polar surface area (TPSA) is 82.9 Å². The minimum atomic E-state index is -0.422. The molecule has 7 heteroatoms. The molecule has 2 heterocycles. The van der Waals surface area contributed by atoms with Crippen molar-refractivity contribution in [3.8, 4) is 11.4 Å². The Morgan fingerprint density at radius 3 is 2.39 bits per heavy atom. The van der Waals surface area contributed by atoms with Gasteiger partial charge >= 0.3 is 5.69 Å². The summed E-state index contributed by atoms with van der Waals surface area (Å²) in [5, 5.41) is 4.54. The van der Waals surface area contributed by atoms with Crippen LogP contribution in [0.2, 0.25) is 0 Å². The number of benzene rings is 3. The lowest BCUT2D eigenvalue weighted by atomic mass is 10.1. The third-order valence-electron chi connectivity index (χ3n) is 5.63. The first kappa shape index (κ1) is 20.6. The van der Waals surface area contributed by atoms with Crippen LogP contribution in [0.15, 0.2) is 86.9 Å². The van der Waals surface area contributed by atoms with Crippen molar-refractivity contribution in [3.05, 3.63) is 116 Å². The predicted octanol–water partition coefficient (Wildman–Crippen LogP) is 3.93. The third-order valence-corrected chi connectivity index (χ3v) is 5.63. The smallest absolute Gasteiger partial charge is 0.332 e. The van der Waals surface area contributed by atoms with E-state index < -0.39 is 5.69 Å². The molecule has 5 aromatic rings. The summed E-state index contributed by atoms with van der Waals surface area (Å²) in [4.78, 5) is 31.1. The minimum Gasteiger partial charge on any atom is -0.337 e. The molecule has 3 aromatic carbocycles. The molecule has 164 valence electrons. The van der Waals surface area contributed by atoms with Crippen molar-refractivity contribution in [2.75, 3.05) is 0 Å². The summed E-state index contributed by atoms with van der Waals surface area (Å²) in [6.07, 6.45) is 0. The molecule has 5 rings (SSSR count). The largest absolute Gasteiger partial charge is 0.337 e. The number of fused-ring (bicyclic) bond motifs is 1. The lowest BCUT2D eigenvalue weighted by Gasteiger charge is -2.13. The van der Waals surface area contributed by atoms with Crippen molar-refractivity contribution in [2.45, 2.75) is 26.9 Å². The highest BCUT2D eigenvalue weighted by Gasteiger charge is 2.16. The maximum atomic E-state index is 13.4. The molecule has 0 N–H and O–H groups in total. The number of hydrogen-bond donors (Lipinski definition) is 0. The van der Waals surface area contributed by atoms with Crippen molar-refractivity contribution >= 4 is 10.9 Å². The van der Waals surface area contributed by atoms with Gasteiger partial charge in [0.15, 0.2) is 0 Å². The Kier molecular flexibility index (Phi) is 5.22. The van der Waals surface area contributed by atoms with Gasteiger partial charge in [-0.2, -0.15) is 4.98 Å². The molecule has 7 nitrogen and oxygen atoms in total. The third kappa shape index (κ3) is 4.01. The van der Waals surface area contributed by atoms with Crippen molar-refractivity contribution in [1.82, 2.24) is 19.3 Å². The summed E-state index contributed by atoms with van der Waals surface area (Å²) in [5.41, 5.74) is 3.70. The van der Waals surface area contributed by atoms with E-state index in [-0.39, 0.29) is 18.6 Å². The maximum Gasteiger partial charge on any atom is 0.332 e. The van der Waals surface area contributed by atoms with E-state index in [9.17, 15) is 9.59 Å². The number of aromatic nitrogens is 4. The first-order valence-corrected chi connectivity index (χ1v) is 10.7. The van der Waals surface area contributed by atoms with Gasteiger partial charge in [0.2, 0.25) is 11.7 Å². The Morgan fingerprint density at radius 2 is 1.61 bits per heavy atom. The van der Waals surface area contributed by atoms with E-state index in [1.54, 1.807) is 24.3 Å². The number of hydrogen-bond acceptors (Lipinski definition) is 5. The van der Waals surface area contributed by atoms with Crippen LogP contribution in [0.1, 0.15) is 22.6 Å². The molecule has 0 amide bonds. The minimum absolute atomic E-state index is 0.0618. The molecule has 0 bridgehead atoms. The first-order chi connectivity index (χ1) is 16.0. The van der Waals surface area contributed by atoms with Gasteiger partial charge in [0, 0.05) is 5.56 Å². The lowest BCUT2D eigenvalue weighted by molar-refractivity contribution is 0.369. The van der Waals surface area contributed by atoms with Gasteiger partial charge in [0.25, 0.3) is 5.56 Å². The second kappa shape index (κ2) is 8.35. The summed E-state index contributed by atoms with van der Waals surface area (Å²) in [6, 6.07) is 22.6. The van der Waals surface area contributed by atoms with E-state index in [0.717, 1.165) is 22.3 Å². The number of aryl methyl sites for hydroxylation is 2. The normalized spacial score (nSPS) is 11.2. The molecule has 2 aromatic heterocycles. The zero-order valence-corrected chi connectivity index (χ0v) is 18.4. The first-order valence-electron chi connectivity index (χ1n) is 10.7. The highest BCUT2D eigenvalue weighted by atomic mass is 16.5. The van der Waals surface area contributed by atoms with E-state index in [4.69, 9.17) is 4.52 Å². The average Bonchev–Trinajstić information content (AvgIpc) is 3.29. The van der Waals surface area contributed by atoms with Gasteiger partial charge in [-0.15, -0.1) is 0 Å². The Labute approximate surface area is 189 Å². The van der Waals surface area contributed by atoms with E-state index in [2.05, 4.69) is 10.1 Å². The molecule has 33 heavy (non-hydrogen) atoms. The molecular formula is C26H22N4O3. The zero-order chi connectivity index (χ0) is 22.9. The highest BCUT2D eigenvalue weighted by molar-refractivity contribution is 5.77. The molecule has 0 aliphatic heterocycles. The molecule has 0 fully saturated rings. The van der Waals surface area contributed by atoms with Crippen LogP contribution in [0.25, 0.3) is 22.3 Å². The van der Waals surface area contributed by atoms with E-state index in [1.165, 1.54) is 9.13 Å². The number of rotatable bonds is 5. The maximum absolute atomic E-state index is 13.4. The fourth-order valence-electron chi connectivity index (χ4n) is 3.89. The second-order valence-corrected chi connectivity index (χ2v) is 8.14. The van der Waals surface area contributed by atoms with Gasteiger partial charge in [-0.25, -0.2) is 4.79 Å². The molecule has 0 unspecified atom stereocenters. The summed E-state index contributed by atoms with van der Waals surface area (Å²) in [5.74, 6) is 0.748. The number of para-hydroxylation sites is 1. The standard InChI is InChI=1S/C26H22N4O3/c1-17-10-12-19(13-11-17)15-30-25(31)21-8-3-4-9-22(21)29(26(30)32)16-23-27-24(28-33-23)20-7-5-6-18(2)14-20/h3-14H,15-16H2,1-2H3. The summed E-state index contributed by atoms with van der Waals surface area (Å²) < 4.78 is 8.23. The molecule has 0 spiro atoms. The monoisotopic (exact) mass is 438 g/mol. The van der Waals surface area contributed by atoms with Crippen LogP contribution >= 0.6 is 0 Å². The fraction of sp³-hybridized carbons (Fsp3) is 0.154. The van der Waals surface area contributed by atoms with E-state index >= 15 is 0 Å². The lowest BCUT2D eigenvalue weighted by Crippen LogP contribution is -2.40. The quantitative estimate of drug-likeness (QED) is 0.415. The molecule has 0 atom stereocenters. The average molecular weight is 438 g/mol. The van der Waals surface area contributed by atoms with Gasteiger partial charge in [0.05, 0.1) is 17.4 Å². The van der Waals surface area contributed by atoms with E-state index in [0.29, 0.717) is 22.6 Å². The Hall–Kier alpha value is -4.26. The van der Waals surface area contributed by atoms with Crippen LogP contribution < -0.4 is 11.2 Å². The Bertz CT molecular complexity index is 1580. The summed E-state index contributed by atoms with van der Waals surface area (Å²) in [7, 11) is 0. The van der Waals surface area contributed by atoms with Gasteiger partial charge in [0.1, 0.15) is 6.54 Å². The fourth-order valence-corrected chi connectivity index (χ4v) is 3.89. The van der Waals surface area contributed by atoms with Gasteiger partial charge in [-0.3, -0.25) is 13.9 Å². The molecule has 0 saturated heterocycles. The van der Waals surface area contributed by atoms with Crippen molar-refractivity contribution in [3.63, 3.8) is 0 Å². The van der Waals surface area contributed by atoms with Gasteiger partial charge < -0.3 is 4.52 Å². The van der Waals surface area contributed by atoms with Crippen LogP contribution in [-0.4, -0.2) is 19.3 Å². The molecule has 0 aliphatic rings. The molecule has 0 radical (unpaired) electrons. The van der Waals surface area contributed by atoms with Crippen LogP contribution in [0.4, 0.5) is 0 Å². The van der Waals surface area contributed by atoms with Crippen LogP contribution in [0, 0.1) is 13.8 Å². The van der Waals surface area contributed by atoms with Crippen molar-refractivity contribution in [2.24, 2.45) is 0 Å². The molecular weight excluding hydrogens is 416 g/mol. The predicted molar refractivity (Wildman–Crippen MR) is 126 cm³/mol. The second-order valence-electron chi connectivity index (χ2n) is 8.14. The number of nitrogens with zero attached hydrogens (tertiary/aromatic N) is 4. The Balaban J connectivity index is 1.59. The highest BCUT2D eigenvalue weighted by Crippen LogP contribution is 2.18. The van der Waals surface area contributed by atoms with Gasteiger partial charge in [-0.1, -0.05) is 70.9 Å². The summed E-state index contributed by atoms with van der Waals surface area (Å²) in [6.45, 7) is 4.23. The van der Waals surface area contributed by atoms with Crippen LogP contribution in [0.3, 0.4) is 0 Å². The van der Waals surface area contributed by atoms with Crippen molar-refractivity contribution < 1.29 is 4.52 Å². The van der Waals surface area contributed by atoms with Crippen molar-refractivity contribution in [1.29, 1.82) is 0 Å². The van der Waals surface area contributed by atoms with Crippen LogP contribution in [-0.2, 0) is 13.1 Å². The van der Waals surface area contributed by atoms with E-state index in [1.807, 2.05) is 62.4 Å². The zero-order valence-electron chi connectivity index (χ0n) is 18.4. The summed E-state index contributed by atoms with van der Waals surface area (Å²) >= 11 is 0.